The van der Waals surface area contributed by atoms with E-state index in [1.54, 1.807) is 12.1 Å². The fourth-order valence-electron chi connectivity index (χ4n) is 7.75. The Kier molecular flexibility index (Phi) is 7.70. The fraction of sp³-hybridized carbons (Fsp3) is 0.633. The molecule has 0 spiro atoms. The molecule has 4 bridgehead atoms. The number of para-hydroxylation sites is 1. The molecule has 1 unspecified atom stereocenters. The average molecular weight is 587 g/mol. The summed E-state index contributed by atoms with van der Waals surface area (Å²) in [6.07, 6.45) is 2.50. The smallest absolute Gasteiger partial charge is 0.405 e. The Bertz CT molecular complexity index is 1310. The SMILES string of the molecule is CC1(C)OCC(N[C@@H]2[C@@H]3CC4C[C@H]2C[C@](CNc2nc(NCc5ccccc5OC(F)(F)F)ncc2C#N)(C4)C3)CO1. The molecule has 1 saturated heterocycles. The van der Waals surface area contributed by atoms with Crippen molar-refractivity contribution >= 4 is 11.8 Å². The molecule has 7 rings (SSSR count). The molecule has 0 amide bonds. The van der Waals surface area contributed by atoms with Crippen LogP contribution in [0.5, 0.6) is 5.75 Å². The summed E-state index contributed by atoms with van der Waals surface area (Å²) < 4.78 is 54.3. The van der Waals surface area contributed by atoms with E-state index in [1.165, 1.54) is 31.2 Å². The van der Waals surface area contributed by atoms with E-state index in [4.69, 9.17) is 9.47 Å². The van der Waals surface area contributed by atoms with Crippen molar-refractivity contribution in [3.63, 3.8) is 0 Å². The highest BCUT2D eigenvalue weighted by Crippen LogP contribution is 2.60. The summed E-state index contributed by atoms with van der Waals surface area (Å²) in [5, 5.41) is 20.0. The van der Waals surface area contributed by atoms with Gasteiger partial charge in [-0.3, -0.25) is 0 Å². The molecular weight excluding hydrogens is 549 g/mol. The van der Waals surface area contributed by atoms with Gasteiger partial charge in [0.1, 0.15) is 23.2 Å². The lowest BCUT2D eigenvalue weighted by Gasteiger charge is -2.61. The first-order valence-corrected chi connectivity index (χ1v) is 14.6. The van der Waals surface area contributed by atoms with E-state index in [-0.39, 0.29) is 29.7 Å². The minimum absolute atomic E-state index is 0.0233. The quantitative estimate of drug-likeness (QED) is 0.365. The van der Waals surface area contributed by atoms with Crippen LogP contribution in [-0.2, 0) is 16.0 Å². The van der Waals surface area contributed by atoms with Gasteiger partial charge in [0.05, 0.1) is 25.5 Å². The molecule has 5 aliphatic rings. The van der Waals surface area contributed by atoms with Gasteiger partial charge in [0, 0.05) is 24.7 Å². The molecule has 0 radical (unpaired) electrons. The second-order valence-corrected chi connectivity index (χ2v) is 12.8. The Morgan fingerprint density at radius 3 is 2.48 bits per heavy atom. The first-order chi connectivity index (χ1) is 20.0. The van der Waals surface area contributed by atoms with Gasteiger partial charge in [0.2, 0.25) is 5.95 Å². The molecule has 12 heteroatoms. The molecule has 2 aromatic rings. The van der Waals surface area contributed by atoms with Gasteiger partial charge in [-0.05, 0) is 75.2 Å². The lowest BCUT2D eigenvalue weighted by Crippen LogP contribution is -2.63. The number of hydrogen-bond donors (Lipinski definition) is 3. The van der Waals surface area contributed by atoms with Crippen molar-refractivity contribution in [2.75, 3.05) is 30.4 Å². The number of ether oxygens (including phenoxy) is 3. The molecule has 3 N–H and O–H groups in total. The third-order valence-electron chi connectivity index (χ3n) is 9.27. The molecule has 1 aromatic carbocycles. The van der Waals surface area contributed by atoms with Gasteiger partial charge in [-0.15, -0.1) is 13.2 Å². The molecule has 1 aliphatic heterocycles. The third-order valence-corrected chi connectivity index (χ3v) is 9.27. The first-order valence-electron chi connectivity index (χ1n) is 14.6. The van der Waals surface area contributed by atoms with Crippen LogP contribution in [0.15, 0.2) is 30.5 Å². The number of rotatable bonds is 9. The molecule has 2 heterocycles. The third kappa shape index (κ3) is 6.43. The Morgan fingerprint density at radius 1 is 1.07 bits per heavy atom. The van der Waals surface area contributed by atoms with Gasteiger partial charge in [-0.2, -0.15) is 10.2 Å². The maximum absolute atomic E-state index is 12.8. The van der Waals surface area contributed by atoms with E-state index in [9.17, 15) is 18.4 Å². The maximum atomic E-state index is 12.8. The monoisotopic (exact) mass is 586 g/mol. The fourth-order valence-corrected chi connectivity index (χ4v) is 7.75. The van der Waals surface area contributed by atoms with E-state index in [2.05, 4.69) is 36.7 Å². The summed E-state index contributed by atoms with van der Waals surface area (Å²) in [6.45, 7) is 5.94. The van der Waals surface area contributed by atoms with Crippen molar-refractivity contribution in [1.29, 1.82) is 5.26 Å². The second kappa shape index (κ2) is 11.2. The van der Waals surface area contributed by atoms with Crippen molar-refractivity contribution in [1.82, 2.24) is 15.3 Å². The summed E-state index contributed by atoms with van der Waals surface area (Å²) in [7, 11) is 0. The van der Waals surface area contributed by atoms with E-state index in [0.717, 1.165) is 19.3 Å². The number of halogens is 3. The average Bonchev–Trinajstić information content (AvgIpc) is 2.93. The van der Waals surface area contributed by atoms with Gasteiger partial charge in [-0.25, -0.2) is 4.98 Å². The van der Waals surface area contributed by atoms with Crippen molar-refractivity contribution < 1.29 is 27.4 Å². The van der Waals surface area contributed by atoms with Crippen LogP contribution < -0.4 is 20.7 Å². The predicted octanol–water partition coefficient (Wildman–Crippen LogP) is 5.21. The zero-order valence-electron chi connectivity index (χ0n) is 23.8. The summed E-state index contributed by atoms with van der Waals surface area (Å²) in [4.78, 5) is 8.73. The van der Waals surface area contributed by atoms with Crippen LogP contribution in [0, 0.1) is 34.5 Å². The molecule has 226 valence electrons. The molecule has 5 fully saturated rings. The van der Waals surface area contributed by atoms with Crippen molar-refractivity contribution in [3.8, 4) is 11.8 Å². The van der Waals surface area contributed by atoms with Crippen LogP contribution >= 0.6 is 0 Å². The van der Waals surface area contributed by atoms with Crippen molar-refractivity contribution in [3.05, 3.63) is 41.6 Å². The minimum Gasteiger partial charge on any atom is -0.405 e. The van der Waals surface area contributed by atoms with Crippen LogP contribution in [-0.4, -0.2) is 54.0 Å². The normalized spacial score (nSPS) is 30.1. The maximum Gasteiger partial charge on any atom is 0.573 e. The Hall–Kier alpha value is -3.14. The van der Waals surface area contributed by atoms with Gasteiger partial charge < -0.3 is 30.2 Å². The van der Waals surface area contributed by atoms with E-state index in [1.807, 2.05) is 13.8 Å². The number of nitrogens with zero attached hydrogens (tertiary/aromatic N) is 3. The Balaban J connectivity index is 1.09. The van der Waals surface area contributed by atoms with Gasteiger partial charge in [0.15, 0.2) is 5.79 Å². The largest absolute Gasteiger partial charge is 0.573 e. The molecule has 4 saturated carbocycles. The number of benzene rings is 1. The van der Waals surface area contributed by atoms with Gasteiger partial charge in [-0.1, -0.05) is 18.2 Å². The predicted molar refractivity (Wildman–Crippen MR) is 148 cm³/mol. The summed E-state index contributed by atoms with van der Waals surface area (Å²) in [5.41, 5.74) is 0.769. The van der Waals surface area contributed by atoms with Crippen LogP contribution in [0.2, 0.25) is 0 Å². The lowest BCUT2D eigenvalue weighted by molar-refractivity contribution is -0.274. The molecular formula is C30H37F3N6O3. The Labute approximate surface area is 243 Å². The van der Waals surface area contributed by atoms with Crippen LogP contribution in [0.1, 0.15) is 57.1 Å². The highest BCUT2D eigenvalue weighted by molar-refractivity contribution is 5.53. The number of nitriles is 1. The summed E-state index contributed by atoms with van der Waals surface area (Å²) in [6, 6.07) is 8.74. The summed E-state index contributed by atoms with van der Waals surface area (Å²) >= 11 is 0. The molecule has 4 aliphatic carbocycles. The molecule has 1 aromatic heterocycles. The number of hydrogen-bond acceptors (Lipinski definition) is 9. The highest BCUT2D eigenvalue weighted by atomic mass is 19.4. The first kappa shape index (κ1) is 29.0. The summed E-state index contributed by atoms with van der Waals surface area (Å²) in [5.74, 6) is 1.72. The standard InChI is InChI=1S/C30H37F3N6O3/c1-28(2)40-15-23(16-41-28)38-25-20-7-18-8-21(25)11-29(9-18,10-20)17-37-26-22(12-34)14-36-27(39-26)35-13-19-5-3-4-6-24(19)42-30(31,32)33/h3-6,14,18,20-21,23,25,38H,7-11,13,15-17H2,1-2H3,(H2,35,36,37,39)/t18?,20-,21+,25-,29+. The minimum atomic E-state index is -4.79. The number of aromatic nitrogens is 2. The zero-order chi connectivity index (χ0) is 29.5. The van der Waals surface area contributed by atoms with E-state index >= 15 is 0 Å². The topological polar surface area (TPSA) is 113 Å². The lowest BCUT2D eigenvalue weighted by atomic mass is 9.48. The number of nitrogens with one attached hydrogen (secondary N) is 3. The van der Waals surface area contributed by atoms with Crippen LogP contribution in [0.25, 0.3) is 0 Å². The molecule has 5 atom stereocenters. The Morgan fingerprint density at radius 2 is 1.79 bits per heavy atom. The van der Waals surface area contributed by atoms with E-state index < -0.39 is 12.1 Å². The number of anilines is 2. The molecule has 42 heavy (non-hydrogen) atoms. The van der Waals surface area contributed by atoms with Crippen molar-refractivity contribution in [2.45, 2.75) is 76.7 Å². The highest BCUT2D eigenvalue weighted by Gasteiger charge is 2.55. The van der Waals surface area contributed by atoms with Gasteiger partial charge >= 0.3 is 6.36 Å². The molecule has 9 nitrogen and oxygen atoms in total. The number of alkyl halides is 3. The van der Waals surface area contributed by atoms with Crippen LogP contribution in [0.3, 0.4) is 0 Å². The van der Waals surface area contributed by atoms with Crippen molar-refractivity contribution in [2.24, 2.45) is 23.2 Å². The van der Waals surface area contributed by atoms with Gasteiger partial charge in [0.25, 0.3) is 0 Å². The second-order valence-electron chi connectivity index (χ2n) is 12.8. The zero-order valence-corrected chi connectivity index (χ0v) is 23.8. The van der Waals surface area contributed by atoms with Crippen LogP contribution in [0.4, 0.5) is 24.9 Å². The van der Waals surface area contributed by atoms with E-state index in [0.29, 0.717) is 60.5 Å².